The second-order valence-corrected chi connectivity index (χ2v) is 5.99. The van der Waals surface area contributed by atoms with E-state index in [0.29, 0.717) is 18.0 Å². The number of fused-ring (bicyclic) bond motifs is 1. The molecule has 0 heterocycles. The number of aryl methyl sites for hydroxylation is 1. The van der Waals surface area contributed by atoms with Crippen molar-refractivity contribution in [2.24, 2.45) is 4.99 Å². The highest BCUT2D eigenvalue weighted by Gasteiger charge is 2.25. The van der Waals surface area contributed by atoms with E-state index in [1.165, 1.54) is 11.1 Å². The van der Waals surface area contributed by atoms with E-state index < -0.39 is 0 Å². The zero-order chi connectivity index (χ0) is 16.2. The molecule has 0 aromatic heterocycles. The molecular weight excluding hydrogens is 289 g/mol. The standard InChI is InChI=1S/C19H22FN3/c1-13-7-8-14(9-18(13)20)11-22-19(21-2)23-12-16-10-15-5-3-4-6-17(15)16/h3-9,16H,10-12H2,1-2H3,(H2,21,22,23). The van der Waals surface area contributed by atoms with Gasteiger partial charge in [-0.25, -0.2) is 4.39 Å². The van der Waals surface area contributed by atoms with E-state index in [9.17, 15) is 4.39 Å². The summed E-state index contributed by atoms with van der Waals surface area (Å²) in [6.45, 7) is 3.18. The zero-order valence-corrected chi connectivity index (χ0v) is 13.6. The second kappa shape index (κ2) is 6.82. The Labute approximate surface area is 136 Å². The van der Waals surface area contributed by atoms with Crippen molar-refractivity contribution in [3.63, 3.8) is 0 Å². The largest absolute Gasteiger partial charge is 0.356 e. The van der Waals surface area contributed by atoms with E-state index in [0.717, 1.165) is 24.5 Å². The highest BCUT2D eigenvalue weighted by atomic mass is 19.1. The minimum Gasteiger partial charge on any atom is -0.356 e. The lowest BCUT2D eigenvalue weighted by Gasteiger charge is -2.30. The molecule has 0 aliphatic heterocycles. The summed E-state index contributed by atoms with van der Waals surface area (Å²) in [5.74, 6) is 1.12. The summed E-state index contributed by atoms with van der Waals surface area (Å²) in [7, 11) is 1.75. The molecule has 0 spiro atoms. The average Bonchev–Trinajstić information content (AvgIpc) is 2.54. The van der Waals surface area contributed by atoms with Crippen molar-refractivity contribution in [3.8, 4) is 0 Å². The molecule has 2 N–H and O–H groups in total. The average molecular weight is 311 g/mol. The summed E-state index contributed by atoms with van der Waals surface area (Å²) < 4.78 is 13.6. The highest BCUT2D eigenvalue weighted by Crippen LogP contribution is 2.33. The summed E-state index contributed by atoms with van der Waals surface area (Å²) in [5, 5.41) is 6.59. The Bertz CT molecular complexity index is 724. The summed E-state index contributed by atoms with van der Waals surface area (Å²) in [6.07, 6.45) is 1.11. The lowest BCUT2D eigenvalue weighted by Crippen LogP contribution is -2.40. The molecule has 120 valence electrons. The van der Waals surface area contributed by atoms with Crippen molar-refractivity contribution in [1.29, 1.82) is 0 Å². The Morgan fingerprint density at radius 1 is 1.22 bits per heavy atom. The first-order valence-corrected chi connectivity index (χ1v) is 7.94. The van der Waals surface area contributed by atoms with Crippen LogP contribution < -0.4 is 10.6 Å². The van der Waals surface area contributed by atoms with Crippen molar-refractivity contribution < 1.29 is 4.39 Å². The summed E-state index contributed by atoms with van der Waals surface area (Å²) in [6, 6.07) is 13.8. The number of hydrogen-bond acceptors (Lipinski definition) is 1. The first-order chi connectivity index (χ1) is 11.2. The molecule has 0 amide bonds. The quantitative estimate of drug-likeness (QED) is 0.672. The van der Waals surface area contributed by atoms with Gasteiger partial charge in [-0.2, -0.15) is 0 Å². The van der Waals surface area contributed by atoms with Crippen LogP contribution in [0.15, 0.2) is 47.5 Å². The molecule has 2 aromatic rings. The normalized spacial score (nSPS) is 16.5. The lowest BCUT2D eigenvalue weighted by atomic mass is 9.78. The molecule has 3 nitrogen and oxygen atoms in total. The number of benzene rings is 2. The Morgan fingerprint density at radius 2 is 2.04 bits per heavy atom. The topological polar surface area (TPSA) is 36.4 Å². The van der Waals surface area contributed by atoms with Crippen LogP contribution in [-0.2, 0) is 13.0 Å². The van der Waals surface area contributed by atoms with Gasteiger partial charge < -0.3 is 10.6 Å². The van der Waals surface area contributed by atoms with Crippen LogP contribution in [0.25, 0.3) is 0 Å². The second-order valence-electron chi connectivity index (χ2n) is 5.99. The van der Waals surface area contributed by atoms with Crippen molar-refractivity contribution in [2.75, 3.05) is 13.6 Å². The number of halogens is 1. The van der Waals surface area contributed by atoms with Gasteiger partial charge in [0, 0.05) is 26.1 Å². The molecule has 1 unspecified atom stereocenters. The molecule has 0 bridgehead atoms. The van der Waals surface area contributed by atoms with Gasteiger partial charge in [-0.15, -0.1) is 0 Å². The maximum atomic E-state index is 13.6. The Kier molecular flexibility index (Phi) is 4.60. The highest BCUT2D eigenvalue weighted by molar-refractivity contribution is 5.79. The minimum absolute atomic E-state index is 0.168. The van der Waals surface area contributed by atoms with Crippen molar-refractivity contribution in [2.45, 2.75) is 25.8 Å². The SMILES string of the molecule is CN=C(NCc1ccc(C)c(F)c1)NCC1Cc2ccccc21. The summed E-state index contributed by atoms with van der Waals surface area (Å²) >= 11 is 0. The fraction of sp³-hybridized carbons (Fsp3) is 0.316. The smallest absolute Gasteiger partial charge is 0.191 e. The number of nitrogens with zero attached hydrogens (tertiary/aromatic N) is 1. The van der Waals surface area contributed by atoms with Gasteiger partial charge in [0.25, 0.3) is 0 Å². The van der Waals surface area contributed by atoms with E-state index in [-0.39, 0.29) is 5.82 Å². The van der Waals surface area contributed by atoms with Crippen molar-refractivity contribution in [3.05, 3.63) is 70.5 Å². The van der Waals surface area contributed by atoms with Crippen LogP contribution in [0.3, 0.4) is 0 Å². The Balaban J connectivity index is 1.50. The third-order valence-corrected chi connectivity index (χ3v) is 4.40. The number of hydrogen-bond donors (Lipinski definition) is 2. The van der Waals surface area contributed by atoms with E-state index in [4.69, 9.17) is 0 Å². The van der Waals surface area contributed by atoms with Crippen LogP contribution in [-0.4, -0.2) is 19.6 Å². The zero-order valence-electron chi connectivity index (χ0n) is 13.6. The van der Waals surface area contributed by atoms with Gasteiger partial charge in [0.1, 0.15) is 5.82 Å². The number of aliphatic imine (C=N–C) groups is 1. The molecule has 0 saturated heterocycles. The minimum atomic E-state index is -0.168. The van der Waals surface area contributed by atoms with Crippen molar-refractivity contribution >= 4 is 5.96 Å². The predicted molar refractivity (Wildman–Crippen MR) is 92.2 cm³/mol. The third-order valence-electron chi connectivity index (χ3n) is 4.40. The summed E-state index contributed by atoms with van der Waals surface area (Å²) in [4.78, 5) is 4.23. The van der Waals surface area contributed by atoms with Gasteiger partial charge in [-0.05, 0) is 41.7 Å². The maximum absolute atomic E-state index is 13.6. The summed E-state index contributed by atoms with van der Waals surface area (Å²) in [5.41, 5.74) is 4.44. The first-order valence-electron chi connectivity index (χ1n) is 7.94. The molecule has 23 heavy (non-hydrogen) atoms. The molecule has 2 aromatic carbocycles. The van der Waals surface area contributed by atoms with E-state index in [2.05, 4.69) is 39.9 Å². The van der Waals surface area contributed by atoms with Crippen LogP contribution in [0, 0.1) is 12.7 Å². The molecule has 0 saturated carbocycles. The predicted octanol–water partition coefficient (Wildman–Crippen LogP) is 3.14. The van der Waals surface area contributed by atoms with Gasteiger partial charge in [-0.1, -0.05) is 36.4 Å². The molecule has 0 fully saturated rings. The molecule has 1 atom stereocenters. The molecule has 0 radical (unpaired) electrons. The van der Waals surface area contributed by atoms with E-state index in [1.54, 1.807) is 26.1 Å². The molecule has 1 aliphatic carbocycles. The van der Waals surface area contributed by atoms with E-state index in [1.807, 2.05) is 6.07 Å². The molecular formula is C19H22FN3. The van der Waals surface area contributed by atoms with Gasteiger partial charge in [-0.3, -0.25) is 4.99 Å². The van der Waals surface area contributed by atoms with Crippen LogP contribution >= 0.6 is 0 Å². The first kappa shape index (κ1) is 15.5. The van der Waals surface area contributed by atoms with Gasteiger partial charge in [0.05, 0.1) is 0 Å². The number of rotatable bonds is 4. The maximum Gasteiger partial charge on any atom is 0.191 e. The molecule has 4 heteroatoms. The third kappa shape index (κ3) is 3.52. The van der Waals surface area contributed by atoms with Crippen LogP contribution in [0.1, 0.15) is 28.2 Å². The van der Waals surface area contributed by atoms with E-state index >= 15 is 0 Å². The lowest BCUT2D eigenvalue weighted by molar-refractivity contribution is 0.583. The van der Waals surface area contributed by atoms with Gasteiger partial charge in [0.15, 0.2) is 5.96 Å². The molecule has 1 aliphatic rings. The fourth-order valence-electron chi connectivity index (χ4n) is 2.92. The molecule has 3 rings (SSSR count). The van der Waals surface area contributed by atoms with Crippen LogP contribution in [0.5, 0.6) is 0 Å². The number of nitrogens with one attached hydrogen (secondary N) is 2. The van der Waals surface area contributed by atoms with Crippen molar-refractivity contribution in [1.82, 2.24) is 10.6 Å². The fourth-order valence-corrected chi connectivity index (χ4v) is 2.92. The number of guanidine groups is 1. The Morgan fingerprint density at radius 3 is 2.78 bits per heavy atom. The Hall–Kier alpha value is -2.36. The van der Waals surface area contributed by atoms with Gasteiger partial charge >= 0.3 is 0 Å². The van der Waals surface area contributed by atoms with Gasteiger partial charge in [0.2, 0.25) is 0 Å². The van der Waals surface area contributed by atoms with Crippen LogP contribution in [0.2, 0.25) is 0 Å². The monoisotopic (exact) mass is 311 g/mol. The van der Waals surface area contributed by atoms with Crippen LogP contribution in [0.4, 0.5) is 4.39 Å².